The summed E-state index contributed by atoms with van der Waals surface area (Å²) in [6, 6.07) is -0.837. The number of quaternary nitrogens is 1. The molecule has 3 N–H and O–H groups in total. The maximum absolute atomic E-state index is 12.8. The predicted molar refractivity (Wildman–Crippen MR) is 203 cm³/mol. The second-order valence-electron chi connectivity index (χ2n) is 15.0. The van der Waals surface area contributed by atoms with Gasteiger partial charge in [0.2, 0.25) is 5.91 Å². The molecule has 0 saturated heterocycles. The van der Waals surface area contributed by atoms with Crippen LogP contribution in [0.4, 0.5) is 0 Å². The van der Waals surface area contributed by atoms with Gasteiger partial charge in [0.25, 0.3) is 0 Å². The first kappa shape index (κ1) is 47.2. The Labute approximate surface area is 297 Å². The van der Waals surface area contributed by atoms with E-state index in [1.807, 2.05) is 27.2 Å². The van der Waals surface area contributed by atoms with Crippen LogP contribution in [0.2, 0.25) is 0 Å². The zero-order chi connectivity index (χ0) is 35.8. The standard InChI is InChI=1S/C39H79N2O6P/c1-6-8-10-12-14-16-18-20-22-24-26-28-30-32-38(42)37(36-47-48(44,45)46-35-34-41(3,4)5)40-39(43)33-31-29-27-25-23-21-19-17-15-13-11-9-7-2/h30,32,37-38,42H,6-29,31,33-36H2,1-5H3,(H-,40,43,44,45)/p+1/b32-30+/t37-,38?/m1/s1. The maximum Gasteiger partial charge on any atom is 0.472 e. The molecule has 0 fully saturated rings. The molecule has 0 saturated carbocycles. The molecule has 8 nitrogen and oxygen atoms in total. The first-order chi connectivity index (χ1) is 23.0. The summed E-state index contributed by atoms with van der Waals surface area (Å²) in [4.78, 5) is 23.0. The van der Waals surface area contributed by atoms with Crippen molar-refractivity contribution in [2.24, 2.45) is 0 Å². The van der Waals surface area contributed by atoms with Crippen molar-refractivity contribution in [3.63, 3.8) is 0 Å². The molecular weight excluding hydrogens is 623 g/mol. The minimum atomic E-state index is -4.32. The molecular formula is C39H80N2O6P+. The Morgan fingerprint density at radius 2 is 1.10 bits per heavy atom. The largest absolute Gasteiger partial charge is 0.472 e. The van der Waals surface area contributed by atoms with Crippen LogP contribution in [0, 0.1) is 0 Å². The lowest BCUT2D eigenvalue weighted by Crippen LogP contribution is -2.45. The van der Waals surface area contributed by atoms with Gasteiger partial charge in [-0.05, 0) is 19.3 Å². The number of phosphoric acid groups is 1. The number of phosphoric ester groups is 1. The molecule has 0 aliphatic rings. The Bertz CT molecular complexity index is 804. The van der Waals surface area contributed by atoms with Crippen molar-refractivity contribution >= 4 is 13.7 Å². The number of rotatable bonds is 36. The highest BCUT2D eigenvalue weighted by molar-refractivity contribution is 7.47. The molecule has 3 atom stereocenters. The van der Waals surface area contributed by atoms with Gasteiger partial charge < -0.3 is 19.8 Å². The third-order valence-corrected chi connectivity index (χ3v) is 9.99. The second kappa shape index (κ2) is 32.2. The number of amides is 1. The Balaban J connectivity index is 4.50. The molecule has 0 radical (unpaired) electrons. The van der Waals surface area contributed by atoms with Crippen molar-refractivity contribution in [2.45, 2.75) is 193 Å². The summed E-state index contributed by atoms with van der Waals surface area (Å²) in [6.07, 6.45) is 34.1. The van der Waals surface area contributed by atoms with E-state index in [2.05, 4.69) is 19.2 Å². The Hall–Kier alpha value is -0.760. The van der Waals surface area contributed by atoms with Crippen LogP contribution in [-0.2, 0) is 18.4 Å². The van der Waals surface area contributed by atoms with Gasteiger partial charge >= 0.3 is 7.82 Å². The van der Waals surface area contributed by atoms with Gasteiger partial charge in [0, 0.05) is 6.42 Å². The van der Waals surface area contributed by atoms with Gasteiger partial charge in [-0.1, -0.05) is 167 Å². The molecule has 2 unspecified atom stereocenters. The normalized spacial score (nSPS) is 14.7. The van der Waals surface area contributed by atoms with Gasteiger partial charge in [0.05, 0.1) is 39.9 Å². The summed E-state index contributed by atoms with van der Waals surface area (Å²) in [5, 5.41) is 13.8. The third kappa shape index (κ3) is 33.7. The topological polar surface area (TPSA) is 105 Å². The van der Waals surface area contributed by atoms with E-state index in [0.29, 0.717) is 17.4 Å². The van der Waals surface area contributed by atoms with Crippen LogP contribution in [0.5, 0.6) is 0 Å². The number of nitrogens with zero attached hydrogens (tertiary/aromatic N) is 1. The molecule has 1 amide bonds. The summed E-state index contributed by atoms with van der Waals surface area (Å²) in [5.74, 6) is -0.178. The van der Waals surface area contributed by atoms with Crippen LogP contribution < -0.4 is 5.32 Å². The summed E-state index contributed by atoms with van der Waals surface area (Å²) in [7, 11) is 1.58. The van der Waals surface area contributed by atoms with Gasteiger partial charge in [0.1, 0.15) is 13.2 Å². The first-order valence-corrected chi connectivity index (χ1v) is 21.6. The van der Waals surface area contributed by atoms with Crippen molar-refractivity contribution in [2.75, 3.05) is 40.9 Å². The molecule has 286 valence electrons. The highest BCUT2D eigenvalue weighted by Gasteiger charge is 2.27. The fraction of sp³-hybridized carbons (Fsp3) is 0.923. The van der Waals surface area contributed by atoms with Crippen molar-refractivity contribution in [3.05, 3.63) is 12.2 Å². The number of aliphatic hydroxyl groups excluding tert-OH is 1. The number of carbonyl (C=O) groups excluding carboxylic acids is 1. The maximum atomic E-state index is 12.8. The lowest BCUT2D eigenvalue weighted by molar-refractivity contribution is -0.870. The van der Waals surface area contributed by atoms with E-state index in [1.165, 1.54) is 122 Å². The van der Waals surface area contributed by atoms with Gasteiger partial charge in [-0.15, -0.1) is 0 Å². The SMILES string of the molecule is CCCCCCCCCCCCC/C=C/C(O)[C@@H](COP(=O)(O)OCC[N+](C)(C)C)NC(=O)CCCCCCCCCCCCCCC. The minimum absolute atomic E-state index is 0.0643. The van der Waals surface area contributed by atoms with Crippen LogP contribution in [0.25, 0.3) is 0 Å². The van der Waals surface area contributed by atoms with Crippen LogP contribution in [0.1, 0.15) is 181 Å². The molecule has 0 aromatic rings. The molecule has 0 aromatic heterocycles. The fourth-order valence-corrected chi connectivity index (χ4v) is 6.48. The monoisotopic (exact) mass is 704 g/mol. The smallest absolute Gasteiger partial charge is 0.387 e. The zero-order valence-corrected chi connectivity index (χ0v) is 33.1. The first-order valence-electron chi connectivity index (χ1n) is 20.1. The third-order valence-electron chi connectivity index (χ3n) is 9.01. The van der Waals surface area contributed by atoms with Gasteiger partial charge in [-0.25, -0.2) is 4.57 Å². The predicted octanol–water partition coefficient (Wildman–Crippen LogP) is 10.4. The van der Waals surface area contributed by atoms with E-state index in [4.69, 9.17) is 9.05 Å². The second-order valence-corrected chi connectivity index (χ2v) is 16.5. The lowest BCUT2D eigenvalue weighted by atomic mass is 10.0. The molecule has 48 heavy (non-hydrogen) atoms. The van der Waals surface area contributed by atoms with Gasteiger partial charge in [-0.2, -0.15) is 0 Å². The number of aliphatic hydroxyl groups is 1. The van der Waals surface area contributed by atoms with Gasteiger partial charge in [0.15, 0.2) is 0 Å². The van der Waals surface area contributed by atoms with Crippen molar-refractivity contribution in [1.82, 2.24) is 5.32 Å². The van der Waals surface area contributed by atoms with E-state index in [0.717, 1.165) is 38.5 Å². The number of unbranched alkanes of at least 4 members (excludes halogenated alkanes) is 23. The molecule has 0 aromatic carbocycles. The molecule has 0 aliphatic carbocycles. The molecule has 0 rings (SSSR count). The van der Waals surface area contributed by atoms with E-state index in [1.54, 1.807) is 6.08 Å². The number of likely N-dealkylation sites (N-methyl/N-ethyl adjacent to an activating group) is 1. The number of carbonyl (C=O) groups is 1. The number of hydrogen-bond donors (Lipinski definition) is 3. The fourth-order valence-electron chi connectivity index (χ4n) is 5.75. The highest BCUT2D eigenvalue weighted by Crippen LogP contribution is 2.43. The van der Waals surface area contributed by atoms with Crippen LogP contribution in [-0.4, -0.2) is 73.4 Å². The Morgan fingerprint density at radius 3 is 1.54 bits per heavy atom. The van der Waals surface area contributed by atoms with E-state index in [9.17, 15) is 19.4 Å². The number of allylic oxidation sites excluding steroid dienone is 1. The van der Waals surface area contributed by atoms with E-state index in [-0.39, 0.29) is 19.1 Å². The Kier molecular flexibility index (Phi) is 31.7. The number of nitrogens with one attached hydrogen (secondary N) is 1. The molecule has 9 heteroatoms. The summed E-state index contributed by atoms with van der Waals surface area (Å²) < 4.78 is 23.5. The Morgan fingerprint density at radius 1 is 0.688 bits per heavy atom. The van der Waals surface area contributed by atoms with Crippen molar-refractivity contribution in [3.8, 4) is 0 Å². The summed E-state index contributed by atoms with van der Waals surface area (Å²) in [6.45, 7) is 4.80. The van der Waals surface area contributed by atoms with E-state index >= 15 is 0 Å². The summed E-state index contributed by atoms with van der Waals surface area (Å²) in [5.41, 5.74) is 0. The summed E-state index contributed by atoms with van der Waals surface area (Å²) >= 11 is 0. The average Bonchev–Trinajstić information content (AvgIpc) is 3.02. The molecule has 0 spiro atoms. The molecule has 0 bridgehead atoms. The zero-order valence-electron chi connectivity index (χ0n) is 32.2. The van der Waals surface area contributed by atoms with Crippen molar-refractivity contribution in [1.29, 1.82) is 0 Å². The van der Waals surface area contributed by atoms with Crippen LogP contribution in [0.3, 0.4) is 0 Å². The lowest BCUT2D eigenvalue weighted by Gasteiger charge is -2.25. The highest BCUT2D eigenvalue weighted by atomic mass is 31.2. The minimum Gasteiger partial charge on any atom is -0.387 e. The van der Waals surface area contributed by atoms with Gasteiger partial charge in [-0.3, -0.25) is 13.8 Å². The van der Waals surface area contributed by atoms with Crippen LogP contribution >= 0.6 is 7.82 Å². The average molecular weight is 704 g/mol. The van der Waals surface area contributed by atoms with Crippen molar-refractivity contribution < 1.29 is 32.9 Å². The quantitative estimate of drug-likeness (QED) is 0.0260. The number of hydrogen-bond acceptors (Lipinski definition) is 5. The van der Waals surface area contributed by atoms with E-state index < -0.39 is 20.0 Å². The molecule has 0 heterocycles. The van der Waals surface area contributed by atoms with Crippen LogP contribution in [0.15, 0.2) is 12.2 Å². The molecule has 0 aliphatic heterocycles.